The summed E-state index contributed by atoms with van der Waals surface area (Å²) in [5.74, 6) is 0.0655. The molecule has 0 saturated carbocycles. The van der Waals surface area contributed by atoms with Crippen molar-refractivity contribution in [2.45, 2.75) is 106 Å². The largest absolute Gasteiger partial charge is 1.00 e. The maximum atomic E-state index is 12.1. The van der Waals surface area contributed by atoms with Crippen LogP contribution in [0.3, 0.4) is 0 Å². The molecule has 1 aliphatic carbocycles. The van der Waals surface area contributed by atoms with Gasteiger partial charge in [0.15, 0.2) is 5.71 Å². The number of aryl methyl sites for hydroxylation is 1. The van der Waals surface area contributed by atoms with Gasteiger partial charge in [0.2, 0.25) is 5.69 Å². The fourth-order valence-electron chi connectivity index (χ4n) is 10.7. The molecule has 0 unspecified atom stereocenters. The minimum absolute atomic E-state index is 0. The number of nitrogens with zero attached hydrogens (tertiary/aromatic N) is 2. The van der Waals surface area contributed by atoms with Gasteiger partial charge in [0.25, 0.3) is 0 Å². The van der Waals surface area contributed by atoms with Crippen LogP contribution in [0.1, 0.15) is 95.8 Å². The van der Waals surface area contributed by atoms with Crippen LogP contribution in [0.5, 0.6) is 5.75 Å². The molecule has 0 atom stereocenters. The third-order valence-corrected chi connectivity index (χ3v) is 17.0. The Bertz CT molecular complexity index is 3430. The number of allylic oxidation sites excluding steroid dienone is 7. The molecule has 17 nitrogen and oxygen atoms in total. The Morgan fingerprint density at radius 1 is 0.762 bits per heavy atom. The number of carbonyl (C=O) groups is 1. The van der Waals surface area contributed by atoms with Gasteiger partial charge in [0, 0.05) is 81.9 Å². The van der Waals surface area contributed by atoms with Gasteiger partial charge >= 0.3 is 140 Å². The molecule has 0 bridgehead atoms. The molecule has 404 valence electrons. The average molecular weight is 1220 g/mol. The van der Waals surface area contributed by atoms with Gasteiger partial charge in [-0.05, 0) is 170 Å². The Kier molecular flexibility index (Phi) is 28.5. The summed E-state index contributed by atoms with van der Waals surface area (Å²) in [7, 11) is -9.12. The van der Waals surface area contributed by atoms with E-state index in [1.165, 1.54) is 12.1 Å². The van der Waals surface area contributed by atoms with Crippen LogP contribution in [0.15, 0.2) is 142 Å². The first-order chi connectivity index (χ1) is 36.2. The van der Waals surface area contributed by atoms with Crippen LogP contribution in [-0.4, -0.2) is 66.8 Å². The zero-order valence-corrected chi connectivity index (χ0v) is 58.6. The average Bonchev–Trinajstić information content (AvgIpc) is 3.87. The van der Waals surface area contributed by atoms with Crippen molar-refractivity contribution in [1.29, 1.82) is 0 Å². The number of rotatable bonds is 24. The normalized spacial score (nSPS) is 16.6. The maximum absolute atomic E-state index is 12.1. The van der Waals surface area contributed by atoms with Gasteiger partial charge in [-0.2, -0.15) is 13.2 Å². The van der Waals surface area contributed by atoms with Crippen molar-refractivity contribution in [3.8, 4) is 5.75 Å². The monoisotopic (exact) mass is 1220 g/mol. The standard InChI is InChI=1S/C55H60N2O15S4.K.3Na/c1-54(2)49(57(31-6-8-33-75(62,63)64)46-25-15-39-34-42(74-72-70-61)21-23-44(39)51(46)54)28-18-38-11-9-10-37(53(38)68-41-19-12-36(13-20-41)14-29-50(58)59)17-27-48-55(3,4)52-45-24-22-43(76(65,66)67)35-40(45)16-26-47(52)56(48)30-5-7-32-73-71-69-60;;;;/h12-13,15-28,34-35H,5-11,14,29-33H2,1-4H3,(H4-,58,59,60,61,62,63,64,65,66,67);;;;/q;4*+1/p-4. The molecule has 5 aromatic carbocycles. The Morgan fingerprint density at radius 3 is 2.14 bits per heavy atom. The first-order valence-corrected chi connectivity index (χ1v) is 29.3. The number of hydrogen-bond acceptors (Lipinski definition) is 18. The van der Waals surface area contributed by atoms with E-state index in [0.717, 1.165) is 97.3 Å². The summed E-state index contributed by atoms with van der Waals surface area (Å²) in [6.45, 7) is 9.49. The third kappa shape index (κ3) is 17.5. The van der Waals surface area contributed by atoms with Crippen molar-refractivity contribution in [2.24, 2.45) is 0 Å². The van der Waals surface area contributed by atoms with Crippen molar-refractivity contribution in [1.82, 2.24) is 0 Å². The molecule has 0 spiro atoms. The van der Waals surface area contributed by atoms with Crippen LogP contribution in [0.25, 0.3) is 21.5 Å². The Hall–Kier alpha value is -0.764. The number of unbranched alkanes of at least 4 members (excludes halogenated alkanes) is 2. The van der Waals surface area contributed by atoms with E-state index < -0.39 is 42.8 Å². The number of fused-ring (bicyclic) bond motifs is 6. The molecular weight excluding hydrogens is 1160 g/mol. The van der Waals surface area contributed by atoms with E-state index in [0.29, 0.717) is 79.2 Å². The summed E-state index contributed by atoms with van der Waals surface area (Å²) in [5.41, 5.74) is 7.14. The first kappa shape index (κ1) is 71.7. The summed E-state index contributed by atoms with van der Waals surface area (Å²) in [6.07, 6.45) is 12.6. The zero-order chi connectivity index (χ0) is 54.4. The van der Waals surface area contributed by atoms with E-state index >= 15 is 0 Å². The molecule has 3 aliphatic rings. The molecule has 0 amide bonds. The number of hydrogen-bond donors (Lipinski definition) is 0. The minimum Gasteiger partial charge on any atom is -0.748 e. The van der Waals surface area contributed by atoms with E-state index in [1.54, 1.807) is 6.07 Å². The molecular formula is C55H56KN2Na3O15S4. The number of anilines is 1. The molecule has 0 fully saturated rings. The first-order valence-electron chi connectivity index (χ1n) is 24.7. The fraction of sp³-hybridized carbons (Fsp3) is 0.345. The SMILES string of the molecule is CC1(C)C(/C=C/C2=C(Oc3ccc(CCC(=O)[O-])cc3)C(=C/C=C3/N(CCCCSOO[O-])c4ccc5cc(S(=O)(=O)[O-])ccc5c4C3(C)C)/CCC2)=[N+](CCCCS(=O)(=O)[O-])c2ccc3cc(SOO[O-])ccc3c21.[K+].[Na+].[Na+].[Na+]. The topological polar surface area (TPSA) is 253 Å². The number of carbonyl (C=O) groups excluding carboxylic acids is 1. The summed E-state index contributed by atoms with van der Waals surface area (Å²) >= 11 is 1.72. The fourth-order valence-corrected chi connectivity index (χ4v) is 12.6. The Morgan fingerprint density at radius 2 is 1.45 bits per heavy atom. The van der Waals surface area contributed by atoms with Gasteiger partial charge in [-0.3, -0.25) is 10.1 Å². The van der Waals surface area contributed by atoms with E-state index in [2.05, 4.69) is 80.2 Å². The molecule has 5 aromatic rings. The van der Waals surface area contributed by atoms with E-state index in [9.17, 15) is 46.4 Å². The molecule has 2 heterocycles. The molecule has 0 aromatic heterocycles. The molecule has 2 aliphatic heterocycles. The molecule has 0 saturated heterocycles. The number of ether oxygens (including phenoxy) is 1. The molecule has 8 rings (SSSR count). The van der Waals surface area contributed by atoms with Crippen LogP contribution in [0, 0.1) is 0 Å². The predicted molar refractivity (Wildman–Crippen MR) is 281 cm³/mol. The van der Waals surface area contributed by atoms with Crippen molar-refractivity contribution in [3.63, 3.8) is 0 Å². The van der Waals surface area contributed by atoms with Gasteiger partial charge in [-0.1, -0.05) is 50.3 Å². The number of benzene rings is 5. The van der Waals surface area contributed by atoms with E-state index in [-0.39, 0.29) is 158 Å². The summed E-state index contributed by atoms with van der Waals surface area (Å²) < 4.78 is 89.3. The second-order valence-electron chi connectivity index (χ2n) is 19.8. The van der Waals surface area contributed by atoms with E-state index in [1.807, 2.05) is 66.7 Å². The maximum Gasteiger partial charge on any atom is 1.00 e. The number of carboxylic acid groups (broad SMARTS) is 1. The van der Waals surface area contributed by atoms with Crippen LogP contribution in [0.2, 0.25) is 0 Å². The summed E-state index contributed by atoms with van der Waals surface area (Å²) in [4.78, 5) is 13.9. The van der Waals surface area contributed by atoms with Crippen molar-refractivity contribution in [2.75, 3.05) is 29.5 Å². The molecule has 80 heavy (non-hydrogen) atoms. The van der Waals surface area contributed by atoms with Gasteiger partial charge in [-0.15, -0.1) is 0 Å². The Labute approximate surface area is 584 Å². The van der Waals surface area contributed by atoms with Crippen LogP contribution in [0.4, 0.5) is 11.4 Å². The quantitative estimate of drug-likeness (QED) is 0.0108. The third-order valence-electron chi connectivity index (χ3n) is 14.2. The van der Waals surface area contributed by atoms with Crippen molar-refractivity contribution >= 4 is 88.9 Å². The van der Waals surface area contributed by atoms with Crippen LogP contribution >= 0.6 is 24.1 Å². The van der Waals surface area contributed by atoms with Gasteiger partial charge in [0.05, 0.1) is 32.5 Å². The minimum atomic E-state index is -4.70. The van der Waals surface area contributed by atoms with Gasteiger partial charge in [-0.25, -0.2) is 16.8 Å². The van der Waals surface area contributed by atoms with Crippen molar-refractivity contribution < 1.29 is 214 Å². The molecule has 0 N–H and O–H groups in total. The Balaban J connectivity index is 0.00000344. The molecule has 25 heteroatoms. The number of carboxylic acids is 1. The smallest absolute Gasteiger partial charge is 0.748 e. The summed E-state index contributed by atoms with van der Waals surface area (Å²) in [5, 5.41) is 42.7. The van der Waals surface area contributed by atoms with Crippen molar-refractivity contribution in [3.05, 3.63) is 149 Å². The summed E-state index contributed by atoms with van der Waals surface area (Å²) in [6, 6.07) is 25.2. The van der Waals surface area contributed by atoms with Crippen LogP contribution in [-0.2, 0) is 61.0 Å². The van der Waals surface area contributed by atoms with Gasteiger partial charge < -0.3 is 39.2 Å². The van der Waals surface area contributed by atoms with E-state index in [4.69, 9.17) is 4.74 Å². The van der Waals surface area contributed by atoms with Crippen LogP contribution < -0.4 is 165 Å². The van der Waals surface area contributed by atoms with Gasteiger partial charge in [0.1, 0.15) is 28.2 Å². The number of aliphatic carboxylic acids is 1. The second kappa shape index (κ2) is 31.8. The zero-order valence-electron chi connectivity index (χ0n) is 46.2. The second-order valence-corrected chi connectivity index (χ2v) is 24.3. The molecule has 0 radical (unpaired) electrons. The predicted octanol–water partition coefficient (Wildman–Crippen LogP) is -4.14.